The molecule has 1 fully saturated rings. The lowest BCUT2D eigenvalue weighted by atomic mass is 10.0. The summed E-state index contributed by atoms with van der Waals surface area (Å²) >= 11 is 0. The molecule has 0 saturated carbocycles. The number of aryl methyl sites for hydroxylation is 1. The van der Waals surface area contributed by atoms with E-state index in [1.807, 2.05) is 13.0 Å². The Balaban J connectivity index is 1.62. The fourth-order valence-corrected chi connectivity index (χ4v) is 2.21. The van der Waals surface area contributed by atoms with Gasteiger partial charge in [0.15, 0.2) is 0 Å². The Bertz CT molecular complexity index is 633. The minimum Gasteiger partial charge on any atom is -0.340 e. The summed E-state index contributed by atoms with van der Waals surface area (Å²) in [7, 11) is 0. The molecule has 0 atom stereocenters. The monoisotopic (exact) mass is 257 g/mol. The molecule has 0 unspecified atom stereocenters. The fraction of sp³-hybridized carbons (Fsp3) is 0.385. The lowest BCUT2D eigenvalue weighted by molar-refractivity contribution is 0.330. The molecule has 2 aromatic heterocycles. The number of nitrogens with zero attached hydrogens (tertiary/aromatic N) is 5. The van der Waals surface area contributed by atoms with Crippen LogP contribution in [-0.2, 0) is 6.54 Å². The lowest BCUT2D eigenvalue weighted by Gasteiger charge is -2.39. The molecule has 0 aromatic carbocycles. The Morgan fingerprint density at radius 3 is 2.89 bits per heavy atom. The van der Waals surface area contributed by atoms with E-state index in [0.29, 0.717) is 12.5 Å². The van der Waals surface area contributed by atoms with E-state index in [1.54, 1.807) is 18.5 Å². The van der Waals surface area contributed by atoms with E-state index >= 15 is 0 Å². The SMILES string of the molecule is Cc1ccnc(N2CC(Cn3ncccc3=O)C2)n1. The second kappa shape index (κ2) is 4.79. The average molecular weight is 257 g/mol. The van der Waals surface area contributed by atoms with E-state index in [2.05, 4.69) is 20.0 Å². The Labute approximate surface area is 110 Å². The predicted molar refractivity (Wildman–Crippen MR) is 71.0 cm³/mol. The third-order valence-corrected chi connectivity index (χ3v) is 3.24. The topological polar surface area (TPSA) is 63.9 Å². The molecular formula is C13H15N5O. The zero-order valence-electron chi connectivity index (χ0n) is 10.7. The van der Waals surface area contributed by atoms with Gasteiger partial charge in [0.1, 0.15) is 0 Å². The summed E-state index contributed by atoms with van der Waals surface area (Å²) in [5.74, 6) is 1.20. The Morgan fingerprint density at radius 1 is 1.32 bits per heavy atom. The second-order valence-electron chi connectivity index (χ2n) is 4.81. The van der Waals surface area contributed by atoms with Crippen molar-refractivity contribution in [2.75, 3.05) is 18.0 Å². The van der Waals surface area contributed by atoms with Gasteiger partial charge in [0, 0.05) is 43.2 Å². The predicted octanol–water partition coefficient (Wildman–Crippen LogP) is 0.478. The van der Waals surface area contributed by atoms with Crippen LogP contribution in [0.5, 0.6) is 0 Å². The third-order valence-electron chi connectivity index (χ3n) is 3.24. The van der Waals surface area contributed by atoms with Gasteiger partial charge in [-0.05, 0) is 19.1 Å². The average Bonchev–Trinajstić information content (AvgIpc) is 2.35. The molecule has 0 aliphatic carbocycles. The molecule has 19 heavy (non-hydrogen) atoms. The molecule has 1 aliphatic heterocycles. The molecule has 0 amide bonds. The van der Waals surface area contributed by atoms with E-state index in [1.165, 1.54) is 10.7 Å². The molecule has 3 rings (SSSR count). The van der Waals surface area contributed by atoms with E-state index in [0.717, 1.165) is 24.7 Å². The third kappa shape index (κ3) is 2.47. The van der Waals surface area contributed by atoms with Gasteiger partial charge in [-0.15, -0.1) is 0 Å². The number of hydrogen-bond acceptors (Lipinski definition) is 5. The normalized spacial score (nSPS) is 15.3. The lowest BCUT2D eigenvalue weighted by Crippen LogP contribution is -2.50. The zero-order chi connectivity index (χ0) is 13.2. The first kappa shape index (κ1) is 11.8. The Kier molecular flexibility index (Phi) is 2.98. The quantitative estimate of drug-likeness (QED) is 0.800. The molecule has 0 bridgehead atoms. The van der Waals surface area contributed by atoms with E-state index in [9.17, 15) is 4.79 Å². The van der Waals surface area contributed by atoms with Gasteiger partial charge in [-0.3, -0.25) is 4.79 Å². The van der Waals surface area contributed by atoms with Gasteiger partial charge < -0.3 is 4.90 Å². The summed E-state index contributed by atoms with van der Waals surface area (Å²) in [6.07, 6.45) is 3.41. The van der Waals surface area contributed by atoms with E-state index < -0.39 is 0 Å². The summed E-state index contributed by atoms with van der Waals surface area (Å²) in [5.41, 5.74) is 0.919. The summed E-state index contributed by atoms with van der Waals surface area (Å²) in [5, 5.41) is 4.07. The highest BCUT2D eigenvalue weighted by Crippen LogP contribution is 2.21. The van der Waals surface area contributed by atoms with Crippen LogP contribution < -0.4 is 10.5 Å². The van der Waals surface area contributed by atoms with Crippen LogP contribution in [0.15, 0.2) is 35.4 Å². The van der Waals surface area contributed by atoms with Crippen LogP contribution in [0.4, 0.5) is 5.95 Å². The van der Waals surface area contributed by atoms with Crippen molar-refractivity contribution in [3.63, 3.8) is 0 Å². The first-order valence-electron chi connectivity index (χ1n) is 6.29. The number of aromatic nitrogens is 4. The minimum absolute atomic E-state index is 0.0484. The van der Waals surface area contributed by atoms with Crippen LogP contribution in [0, 0.1) is 12.8 Å². The summed E-state index contributed by atoms with van der Waals surface area (Å²) in [6.45, 7) is 4.34. The molecule has 6 heteroatoms. The van der Waals surface area contributed by atoms with Crippen molar-refractivity contribution in [1.82, 2.24) is 19.7 Å². The van der Waals surface area contributed by atoms with Crippen molar-refractivity contribution < 1.29 is 0 Å². The maximum absolute atomic E-state index is 11.6. The van der Waals surface area contributed by atoms with E-state index in [4.69, 9.17) is 0 Å². The molecule has 1 saturated heterocycles. The molecule has 0 radical (unpaired) electrons. The smallest absolute Gasteiger partial charge is 0.266 e. The second-order valence-corrected chi connectivity index (χ2v) is 4.81. The van der Waals surface area contributed by atoms with Gasteiger partial charge >= 0.3 is 0 Å². The summed E-state index contributed by atoms with van der Waals surface area (Å²) < 4.78 is 1.51. The molecule has 3 heterocycles. The molecular weight excluding hydrogens is 242 g/mol. The first-order valence-corrected chi connectivity index (χ1v) is 6.29. The maximum Gasteiger partial charge on any atom is 0.266 e. The molecule has 0 spiro atoms. The van der Waals surface area contributed by atoms with Crippen molar-refractivity contribution in [2.45, 2.75) is 13.5 Å². The van der Waals surface area contributed by atoms with Gasteiger partial charge in [0.2, 0.25) is 5.95 Å². The van der Waals surface area contributed by atoms with Crippen LogP contribution >= 0.6 is 0 Å². The van der Waals surface area contributed by atoms with Crippen LogP contribution in [-0.4, -0.2) is 32.8 Å². The van der Waals surface area contributed by atoms with Gasteiger partial charge in [-0.2, -0.15) is 5.10 Å². The summed E-state index contributed by atoms with van der Waals surface area (Å²) in [6, 6.07) is 5.08. The van der Waals surface area contributed by atoms with Crippen molar-refractivity contribution in [1.29, 1.82) is 0 Å². The first-order chi connectivity index (χ1) is 9.22. The highest BCUT2D eigenvalue weighted by molar-refractivity contribution is 5.34. The zero-order valence-corrected chi connectivity index (χ0v) is 10.7. The van der Waals surface area contributed by atoms with Gasteiger partial charge in [-0.25, -0.2) is 14.6 Å². The van der Waals surface area contributed by atoms with Crippen LogP contribution in [0.3, 0.4) is 0 Å². The number of hydrogen-bond donors (Lipinski definition) is 0. The largest absolute Gasteiger partial charge is 0.340 e. The van der Waals surface area contributed by atoms with Gasteiger partial charge in [0.25, 0.3) is 5.56 Å². The van der Waals surface area contributed by atoms with Crippen LogP contribution in [0.25, 0.3) is 0 Å². The minimum atomic E-state index is -0.0484. The Hall–Kier alpha value is -2.24. The van der Waals surface area contributed by atoms with Crippen molar-refractivity contribution in [3.8, 4) is 0 Å². The van der Waals surface area contributed by atoms with Crippen LogP contribution in [0.1, 0.15) is 5.69 Å². The number of anilines is 1. The Morgan fingerprint density at radius 2 is 2.16 bits per heavy atom. The molecule has 98 valence electrons. The van der Waals surface area contributed by atoms with Gasteiger partial charge in [-0.1, -0.05) is 0 Å². The summed E-state index contributed by atoms with van der Waals surface area (Å²) in [4.78, 5) is 22.3. The number of rotatable bonds is 3. The van der Waals surface area contributed by atoms with E-state index in [-0.39, 0.29) is 5.56 Å². The fourth-order valence-electron chi connectivity index (χ4n) is 2.21. The molecule has 2 aromatic rings. The molecule has 0 N–H and O–H groups in total. The highest BCUT2D eigenvalue weighted by Gasteiger charge is 2.29. The van der Waals surface area contributed by atoms with Gasteiger partial charge in [0.05, 0.1) is 6.54 Å². The standard InChI is InChI=1S/C13H15N5O/c1-10-4-6-14-13(16-10)17-7-11(8-17)9-18-12(19)3-2-5-15-18/h2-6,11H,7-9H2,1H3. The van der Waals surface area contributed by atoms with Crippen molar-refractivity contribution in [2.24, 2.45) is 5.92 Å². The van der Waals surface area contributed by atoms with Crippen molar-refractivity contribution in [3.05, 3.63) is 46.6 Å². The maximum atomic E-state index is 11.6. The van der Waals surface area contributed by atoms with Crippen LogP contribution in [0.2, 0.25) is 0 Å². The molecule has 1 aliphatic rings. The molecule has 6 nitrogen and oxygen atoms in total. The van der Waals surface area contributed by atoms with Crippen molar-refractivity contribution >= 4 is 5.95 Å². The highest BCUT2D eigenvalue weighted by atomic mass is 16.1.